The highest BCUT2D eigenvalue weighted by atomic mass is 79.9. The Labute approximate surface area is 168 Å². The Morgan fingerprint density at radius 2 is 0.885 bits per heavy atom. The Bertz CT molecular complexity index is 1260. The van der Waals surface area contributed by atoms with Gasteiger partial charge in [-0.2, -0.15) is 0 Å². The number of benzene rings is 5. The molecule has 2 heteroatoms. The topological polar surface area (TPSA) is 0 Å². The lowest BCUT2D eigenvalue weighted by molar-refractivity contribution is 1.62. The molecule has 0 aromatic heterocycles. The maximum Gasteiger partial charge on any atom is 0.0181 e. The summed E-state index contributed by atoms with van der Waals surface area (Å²) in [4.78, 5) is 0. The van der Waals surface area contributed by atoms with Crippen molar-refractivity contribution in [2.45, 2.75) is 0 Å². The molecule has 0 N–H and O–H groups in total. The van der Waals surface area contributed by atoms with Crippen LogP contribution in [0.3, 0.4) is 0 Å². The van der Waals surface area contributed by atoms with Crippen molar-refractivity contribution in [3.05, 3.63) is 93.9 Å². The third kappa shape index (κ3) is 2.56. The number of halogens is 2. The monoisotopic (exact) mass is 460 g/mol. The van der Waals surface area contributed by atoms with Crippen LogP contribution in [0.2, 0.25) is 0 Å². The van der Waals surface area contributed by atoms with Gasteiger partial charge in [-0.25, -0.2) is 0 Å². The predicted molar refractivity (Wildman–Crippen MR) is 120 cm³/mol. The molecule has 0 atom stereocenters. The molecule has 0 bridgehead atoms. The van der Waals surface area contributed by atoms with Crippen molar-refractivity contribution in [3.8, 4) is 11.1 Å². The lowest BCUT2D eigenvalue weighted by Crippen LogP contribution is -1.85. The molecule has 0 radical (unpaired) electrons. The second kappa shape index (κ2) is 6.22. The van der Waals surface area contributed by atoms with Gasteiger partial charge < -0.3 is 0 Å². The number of fused-ring (bicyclic) bond motifs is 6. The van der Waals surface area contributed by atoms with E-state index in [0.29, 0.717) is 0 Å². The van der Waals surface area contributed by atoms with Gasteiger partial charge in [-0.1, -0.05) is 86.5 Å². The molecule has 0 saturated carbocycles. The van der Waals surface area contributed by atoms with Crippen LogP contribution >= 0.6 is 31.9 Å². The predicted octanol–water partition coefficient (Wildman–Crippen LogP) is 8.34. The summed E-state index contributed by atoms with van der Waals surface area (Å²) in [5, 5.41) is 7.78. The highest BCUT2D eigenvalue weighted by molar-refractivity contribution is 9.10. The van der Waals surface area contributed by atoms with Gasteiger partial charge in [0.15, 0.2) is 0 Å². The second-order valence-electron chi connectivity index (χ2n) is 6.50. The Kier molecular flexibility index (Phi) is 3.84. The summed E-state index contributed by atoms with van der Waals surface area (Å²) in [6, 6.07) is 30.6. The molecule has 0 saturated heterocycles. The lowest BCUT2D eigenvalue weighted by atomic mass is 9.92. The van der Waals surface area contributed by atoms with E-state index in [1.54, 1.807) is 0 Å². The van der Waals surface area contributed by atoms with Gasteiger partial charge in [0, 0.05) is 8.95 Å². The van der Waals surface area contributed by atoms with Crippen molar-refractivity contribution < 1.29 is 0 Å². The van der Waals surface area contributed by atoms with Crippen LogP contribution in [-0.4, -0.2) is 0 Å². The van der Waals surface area contributed by atoms with Crippen LogP contribution in [0.15, 0.2) is 93.9 Å². The Morgan fingerprint density at radius 1 is 0.385 bits per heavy atom. The van der Waals surface area contributed by atoms with Gasteiger partial charge in [0.1, 0.15) is 0 Å². The highest BCUT2D eigenvalue weighted by Crippen LogP contribution is 2.38. The first kappa shape index (κ1) is 16.0. The zero-order valence-corrected chi connectivity index (χ0v) is 17.0. The van der Waals surface area contributed by atoms with Gasteiger partial charge in [0.25, 0.3) is 0 Å². The molecule has 0 aliphatic carbocycles. The lowest BCUT2D eigenvalue weighted by Gasteiger charge is -2.12. The molecular weight excluding hydrogens is 448 g/mol. The summed E-state index contributed by atoms with van der Waals surface area (Å²) in [6.07, 6.45) is 0. The van der Waals surface area contributed by atoms with Crippen LogP contribution in [0.25, 0.3) is 43.4 Å². The molecule has 5 aromatic rings. The smallest absolute Gasteiger partial charge is 0.0181 e. The van der Waals surface area contributed by atoms with Crippen molar-refractivity contribution >= 4 is 64.2 Å². The average molecular weight is 462 g/mol. The minimum atomic E-state index is 1.10. The molecular formula is C24H14Br2. The van der Waals surface area contributed by atoms with Crippen LogP contribution in [-0.2, 0) is 0 Å². The third-order valence-corrected chi connectivity index (χ3v) is 6.00. The van der Waals surface area contributed by atoms with E-state index in [2.05, 4.69) is 117 Å². The molecule has 124 valence electrons. The SMILES string of the molecule is Brc1ccc(-c2ccc3c4ccc(Br)cc4c4ccccc4c3c2)cc1. The number of rotatable bonds is 1. The molecule has 5 rings (SSSR count). The number of hydrogen-bond donors (Lipinski definition) is 0. The van der Waals surface area contributed by atoms with Crippen LogP contribution in [0.1, 0.15) is 0 Å². The third-order valence-electron chi connectivity index (χ3n) is 4.98. The number of hydrogen-bond acceptors (Lipinski definition) is 0. The van der Waals surface area contributed by atoms with Crippen molar-refractivity contribution in [3.63, 3.8) is 0 Å². The molecule has 0 amide bonds. The van der Waals surface area contributed by atoms with Crippen molar-refractivity contribution in [2.24, 2.45) is 0 Å². The Hall–Kier alpha value is -2.16. The zero-order chi connectivity index (χ0) is 17.7. The first-order valence-corrected chi connectivity index (χ1v) is 10.1. The standard InChI is InChI=1S/C24H14Br2/c25-17-8-5-15(6-9-17)16-7-11-21-22-12-10-18(26)14-24(22)20-4-2-1-3-19(20)23(21)13-16/h1-14H. The summed E-state index contributed by atoms with van der Waals surface area (Å²) < 4.78 is 2.21. The molecule has 26 heavy (non-hydrogen) atoms. The quantitative estimate of drug-likeness (QED) is 0.220. The largest absolute Gasteiger partial charge is 0.0616 e. The summed E-state index contributed by atoms with van der Waals surface area (Å²) in [5.41, 5.74) is 2.47. The molecule has 0 spiro atoms. The van der Waals surface area contributed by atoms with E-state index in [-0.39, 0.29) is 0 Å². The zero-order valence-electron chi connectivity index (χ0n) is 13.8. The van der Waals surface area contributed by atoms with E-state index >= 15 is 0 Å². The maximum absolute atomic E-state index is 3.63. The summed E-state index contributed by atoms with van der Waals surface area (Å²) in [6.45, 7) is 0. The first-order valence-electron chi connectivity index (χ1n) is 8.50. The molecule has 0 nitrogen and oxygen atoms in total. The van der Waals surface area contributed by atoms with Gasteiger partial charge in [0.05, 0.1) is 0 Å². The van der Waals surface area contributed by atoms with Crippen molar-refractivity contribution in [2.75, 3.05) is 0 Å². The normalized spacial score (nSPS) is 11.5. The van der Waals surface area contributed by atoms with Gasteiger partial charge in [0.2, 0.25) is 0 Å². The van der Waals surface area contributed by atoms with Gasteiger partial charge in [-0.05, 0) is 73.8 Å². The molecule has 0 unspecified atom stereocenters. The molecule has 0 fully saturated rings. The first-order chi connectivity index (χ1) is 12.7. The molecule has 5 aromatic carbocycles. The van der Waals surface area contributed by atoms with E-state index in [4.69, 9.17) is 0 Å². The summed E-state index contributed by atoms with van der Waals surface area (Å²) in [7, 11) is 0. The average Bonchev–Trinajstić information content (AvgIpc) is 2.68. The van der Waals surface area contributed by atoms with Crippen LogP contribution in [0, 0.1) is 0 Å². The van der Waals surface area contributed by atoms with Crippen molar-refractivity contribution in [1.29, 1.82) is 0 Å². The fourth-order valence-electron chi connectivity index (χ4n) is 3.75. The maximum atomic E-state index is 3.63. The van der Waals surface area contributed by atoms with E-state index in [9.17, 15) is 0 Å². The Morgan fingerprint density at radius 3 is 1.58 bits per heavy atom. The fraction of sp³-hybridized carbons (Fsp3) is 0. The second-order valence-corrected chi connectivity index (χ2v) is 8.33. The molecule has 0 heterocycles. The van der Waals surface area contributed by atoms with Gasteiger partial charge >= 0.3 is 0 Å². The van der Waals surface area contributed by atoms with Gasteiger partial charge in [-0.3, -0.25) is 0 Å². The van der Waals surface area contributed by atoms with Crippen molar-refractivity contribution in [1.82, 2.24) is 0 Å². The van der Waals surface area contributed by atoms with E-state index in [1.807, 2.05) is 0 Å². The van der Waals surface area contributed by atoms with Crippen LogP contribution < -0.4 is 0 Å². The van der Waals surface area contributed by atoms with Crippen LogP contribution in [0.5, 0.6) is 0 Å². The summed E-state index contributed by atoms with van der Waals surface area (Å²) >= 11 is 7.15. The van der Waals surface area contributed by atoms with E-state index in [1.165, 1.54) is 43.4 Å². The fourth-order valence-corrected chi connectivity index (χ4v) is 4.38. The highest BCUT2D eigenvalue weighted by Gasteiger charge is 2.10. The minimum absolute atomic E-state index is 1.10. The van der Waals surface area contributed by atoms with Crippen LogP contribution in [0.4, 0.5) is 0 Å². The molecule has 0 aliphatic rings. The minimum Gasteiger partial charge on any atom is -0.0616 e. The summed E-state index contributed by atoms with van der Waals surface area (Å²) in [5.74, 6) is 0. The van der Waals surface area contributed by atoms with E-state index < -0.39 is 0 Å². The Balaban J connectivity index is 1.91. The molecule has 0 aliphatic heterocycles. The van der Waals surface area contributed by atoms with E-state index in [0.717, 1.165) is 8.95 Å². The van der Waals surface area contributed by atoms with Gasteiger partial charge in [-0.15, -0.1) is 0 Å².